The molecule has 26 heavy (non-hydrogen) atoms. The molecule has 1 aliphatic carbocycles. The van der Waals surface area contributed by atoms with Crippen molar-refractivity contribution >= 4 is 5.91 Å². The molecule has 1 atom stereocenters. The Hall–Kier alpha value is -2.21. The molecule has 1 aromatic carbocycles. The van der Waals surface area contributed by atoms with Crippen molar-refractivity contribution in [2.75, 3.05) is 19.6 Å². The smallest absolute Gasteiger partial charge is 0.227 e. The van der Waals surface area contributed by atoms with E-state index in [4.69, 9.17) is 4.52 Å². The molecule has 2 aromatic rings. The second-order valence-electron chi connectivity index (χ2n) is 7.54. The molecule has 1 unspecified atom stereocenters. The van der Waals surface area contributed by atoms with Crippen molar-refractivity contribution in [2.24, 2.45) is 0 Å². The summed E-state index contributed by atoms with van der Waals surface area (Å²) in [5.41, 5.74) is 2.10. The van der Waals surface area contributed by atoms with Crippen LogP contribution < -0.4 is 0 Å². The third kappa shape index (κ3) is 3.80. The van der Waals surface area contributed by atoms with Crippen LogP contribution in [0.15, 0.2) is 28.8 Å². The van der Waals surface area contributed by atoms with Gasteiger partial charge in [0.25, 0.3) is 0 Å². The lowest BCUT2D eigenvalue weighted by atomic mass is 10.1. The first-order valence-corrected chi connectivity index (χ1v) is 9.53. The molecule has 1 saturated carbocycles. The van der Waals surface area contributed by atoms with Crippen molar-refractivity contribution in [3.63, 3.8) is 0 Å². The fraction of sp³-hybridized carbons (Fsp3) is 0.550. The van der Waals surface area contributed by atoms with Crippen molar-refractivity contribution in [3.05, 3.63) is 35.7 Å². The number of nitrogens with zero attached hydrogens (tertiary/aromatic N) is 4. The van der Waals surface area contributed by atoms with Crippen molar-refractivity contribution in [1.29, 1.82) is 0 Å². The van der Waals surface area contributed by atoms with Crippen molar-refractivity contribution in [1.82, 2.24) is 19.9 Å². The van der Waals surface area contributed by atoms with E-state index in [0.717, 1.165) is 36.8 Å². The summed E-state index contributed by atoms with van der Waals surface area (Å²) in [5, 5.41) is 4.05. The average Bonchev–Trinajstić information content (AvgIpc) is 3.37. The first-order chi connectivity index (χ1) is 12.6. The highest BCUT2D eigenvalue weighted by molar-refractivity contribution is 5.76. The minimum atomic E-state index is 0.184. The van der Waals surface area contributed by atoms with E-state index < -0.39 is 0 Å². The van der Waals surface area contributed by atoms with Gasteiger partial charge in [0, 0.05) is 50.1 Å². The number of aromatic nitrogens is 2. The Bertz CT molecular complexity index is 784. The molecular formula is C20H26N4O2. The molecule has 6 nitrogen and oxygen atoms in total. The molecule has 1 amide bonds. The Morgan fingerprint density at radius 2 is 2.15 bits per heavy atom. The van der Waals surface area contributed by atoms with E-state index in [9.17, 15) is 4.79 Å². The minimum Gasteiger partial charge on any atom is -0.339 e. The van der Waals surface area contributed by atoms with Crippen molar-refractivity contribution in [2.45, 2.75) is 51.6 Å². The molecule has 1 saturated heterocycles. The molecule has 1 aliphatic heterocycles. The van der Waals surface area contributed by atoms with E-state index in [2.05, 4.69) is 22.0 Å². The van der Waals surface area contributed by atoms with Crippen LogP contribution in [0.1, 0.15) is 37.6 Å². The van der Waals surface area contributed by atoms with E-state index in [-0.39, 0.29) is 11.9 Å². The van der Waals surface area contributed by atoms with Gasteiger partial charge in [-0.1, -0.05) is 28.9 Å². The predicted octanol–water partition coefficient (Wildman–Crippen LogP) is 2.67. The maximum Gasteiger partial charge on any atom is 0.227 e. The van der Waals surface area contributed by atoms with Crippen LogP contribution in [0.4, 0.5) is 0 Å². The van der Waals surface area contributed by atoms with Gasteiger partial charge in [0.05, 0.1) is 0 Å². The second-order valence-corrected chi connectivity index (χ2v) is 7.54. The summed E-state index contributed by atoms with van der Waals surface area (Å²) in [5.74, 6) is 1.30. The molecule has 2 heterocycles. The summed E-state index contributed by atoms with van der Waals surface area (Å²) in [6, 6.07) is 9.06. The highest BCUT2D eigenvalue weighted by Gasteiger charge is 2.35. The van der Waals surface area contributed by atoms with E-state index in [1.165, 1.54) is 12.8 Å². The standard InChI is InChI=1S/C20H26N4O2/c1-14-4-3-5-16(12-14)20-21-18(26-22-20)8-9-19(25)24-11-10-23(13-15(24)2)17-6-7-17/h3-5,12,15,17H,6-11,13H2,1-2H3. The van der Waals surface area contributed by atoms with Gasteiger partial charge in [-0.05, 0) is 32.8 Å². The lowest BCUT2D eigenvalue weighted by Gasteiger charge is -2.40. The zero-order chi connectivity index (χ0) is 18.1. The second kappa shape index (κ2) is 7.19. The van der Waals surface area contributed by atoms with Crippen molar-refractivity contribution < 1.29 is 9.32 Å². The van der Waals surface area contributed by atoms with Gasteiger partial charge >= 0.3 is 0 Å². The van der Waals surface area contributed by atoms with Crippen LogP contribution in [0.25, 0.3) is 11.4 Å². The zero-order valence-corrected chi connectivity index (χ0v) is 15.5. The lowest BCUT2D eigenvalue weighted by Crippen LogP contribution is -2.54. The monoisotopic (exact) mass is 354 g/mol. The zero-order valence-electron chi connectivity index (χ0n) is 15.5. The maximum absolute atomic E-state index is 12.6. The highest BCUT2D eigenvalue weighted by atomic mass is 16.5. The predicted molar refractivity (Wildman–Crippen MR) is 98.6 cm³/mol. The largest absolute Gasteiger partial charge is 0.339 e. The number of carbonyl (C=O) groups excluding carboxylic acids is 1. The number of carbonyl (C=O) groups is 1. The summed E-state index contributed by atoms with van der Waals surface area (Å²) in [7, 11) is 0. The fourth-order valence-corrected chi connectivity index (χ4v) is 3.74. The number of piperazine rings is 1. The molecule has 4 rings (SSSR count). The molecule has 1 aromatic heterocycles. The number of rotatable bonds is 5. The van der Waals surface area contributed by atoms with Gasteiger partial charge < -0.3 is 9.42 Å². The molecule has 0 N–H and O–H groups in total. The van der Waals surface area contributed by atoms with Gasteiger partial charge in [0.1, 0.15) is 0 Å². The molecule has 138 valence electrons. The molecule has 0 radical (unpaired) electrons. The Labute approximate surface area is 154 Å². The summed E-state index contributed by atoms with van der Waals surface area (Å²) in [6.45, 7) is 7.00. The van der Waals surface area contributed by atoms with Crippen molar-refractivity contribution in [3.8, 4) is 11.4 Å². The summed E-state index contributed by atoms with van der Waals surface area (Å²) in [4.78, 5) is 21.6. The third-order valence-corrected chi connectivity index (χ3v) is 5.34. The quantitative estimate of drug-likeness (QED) is 0.826. The van der Waals surface area contributed by atoms with Gasteiger partial charge in [0.15, 0.2) is 0 Å². The molecule has 0 spiro atoms. The van der Waals surface area contributed by atoms with Crippen LogP contribution >= 0.6 is 0 Å². The fourth-order valence-electron chi connectivity index (χ4n) is 3.74. The van der Waals surface area contributed by atoms with E-state index in [1.807, 2.05) is 36.1 Å². The van der Waals surface area contributed by atoms with E-state index in [0.29, 0.717) is 24.6 Å². The first kappa shape index (κ1) is 17.2. The number of aryl methyl sites for hydroxylation is 2. The highest BCUT2D eigenvalue weighted by Crippen LogP contribution is 2.29. The topological polar surface area (TPSA) is 62.5 Å². The SMILES string of the molecule is Cc1cccc(-c2noc(CCC(=O)N3CCN(C4CC4)CC3C)n2)c1. The maximum atomic E-state index is 12.6. The third-order valence-electron chi connectivity index (χ3n) is 5.34. The Morgan fingerprint density at radius 3 is 2.88 bits per heavy atom. The molecule has 2 aliphatic rings. The van der Waals surface area contributed by atoms with Gasteiger partial charge in [-0.15, -0.1) is 0 Å². The number of hydrogen-bond acceptors (Lipinski definition) is 5. The van der Waals surface area contributed by atoms with Crippen LogP contribution in [-0.2, 0) is 11.2 Å². The van der Waals surface area contributed by atoms with Gasteiger partial charge in [0.2, 0.25) is 17.6 Å². The Kier molecular flexibility index (Phi) is 4.76. The van der Waals surface area contributed by atoms with Crippen LogP contribution in [0.5, 0.6) is 0 Å². The normalized spacial score (nSPS) is 21.2. The Morgan fingerprint density at radius 1 is 1.31 bits per heavy atom. The van der Waals surface area contributed by atoms with Gasteiger partial charge in [-0.2, -0.15) is 4.98 Å². The number of benzene rings is 1. The van der Waals surface area contributed by atoms with Gasteiger partial charge in [-0.3, -0.25) is 9.69 Å². The molecular weight excluding hydrogens is 328 g/mol. The lowest BCUT2D eigenvalue weighted by molar-refractivity contribution is -0.135. The van der Waals surface area contributed by atoms with E-state index in [1.54, 1.807) is 0 Å². The van der Waals surface area contributed by atoms with E-state index >= 15 is 0 Å². The molecule has 0 bridgehead atoms. The average molecular weight is 354 g/mol. The number of amides is 1. The summed E-state index contributed by atoms with van der Waals surface area (Å²) >= 11 is 0. The molecule has 2 fully saturated rings. The minimum absolute atomic E-state index is 0.184. The number of hydrogen-bond donors (Lipinski definition) is 0. The summed E-state index contributed by atoms with van der Waals surface area (Å²) in [6.07, 6.45) is 3.55. The first-order valence-electron chi connectivity index (χ1n) is 9.53. The molecule has 6 heteroatoms. The van der Waals surface area contributed by atoms with Crippen LogP contribution in [0, 0.1) is 6.92 Å². The Balaban J connectivity index is 1.32. The summed E-state index contributed by atoms with van der Waals surface area (Å²) < 4.78 is 5.34. The van der Waals surface area contributed by atoms with Crippen LogP contribution in [0.2, 0.25) is 0 Å². The van der Waals surface area contributed by atoms with Gasteiger partial charge in [-0.25, -0.2) is 0 Å². The van der Waals surface area contributed by atoms with Crippen LogP contribution in [0.3, 0.4) is 0 Å². The van der Waals surface area contributed by atoms with Crippen LogP contribution in [-0.4, -0.2) is 57.6 Å².